The number of rotatable bonds is 10. The summed E-state index contributed by atoms with van der Waals surface area (Å²) in [5.41, 5.74) is 9.57. The number of nitrogens with one attached hydrogen (secondary N) is 1. The van der Waals surface area contributed by atoms with Crippen molar-refractivity contribution in [3.63, 3.8) is 0 Å². The minimum atomic E-state index is -4.59. The molecule has 0 radical (unpaired) electrons. The number of Topliss-reactive ketones (excluding diaryl/α,β-unsaturated/α-hetero) is 1. The first-order valence-corrected chi connectivity index (χ1v) is 14.7. The molecule has 0 aliphatic carbocycles. The molecule has 234 valence electrons. The van der Waals surface area contributed by atoms with Gasteiger partial charge in [-0.25, -0.2) is 4.98 Å². The molecule has 4 aromatic rings. The smallest absolute Gasteiger partial charge is 0.333 e. The lowest BCUT2D eigenvalue weighted by Gasteiger charge is -2.40. The van der Waals surface area contributed by atoms with Gasteiger partial charge < -0.3 is 20.5 Å². The summed E-state index contributed by atoms with van der Waals surface area (Å²) in [5, 5.41) is 12.3. The van der Waals surface area contributed by atoms with E-state index in [0.717, 1.165) is 22.8 Å². The van der Waals surface area contributed by atoms with Crippen molar-refractivity contribution in [3.8, 4) is 6.07 Å². The lowest BCUT2D eigenvalue weighted by atomic mass is 9.81. The zero-order chi connectivity index (χ0) is 32.9. The van der Waals surface area contributed by atoms with Crippen molar-refractivity contribution >= 4 is 28.8 Å². The number of hydrogen-bond donors (Lipinski definition) is 2. The minimum absolute atomic E-state index is 0.0126. The fraction of sp³-hybridized carbons (Fsp3) is 0.294. The van der Waals surface area contributed by atoms with Gasteiger partial charge in [0.15, 0.2) is 5.11 Å². The van der Waals surface area contributed by atoms with Crippen LogP contribution in [0, 0.1) is 30.6 Å². The molecule has 0 aliphatic rings. The number of carbonyl (C=O) groups excluding carboxylic acids is 1. The summed E-state index contributed by atoms with van der Waals surface area (Å²) in [5.74, 6) is -0.236. The first-order valence-electron chi connectivity index (χ1n) is 14.3. The van der Waals surface area contributed by atoms with Crippen LogP contribution in [-0.4, -0.2) is 31.5 Å². The molecule has 1 aromatic heterocycles. The number of imidazole rings is 1. The van der Waals surface area contributed by atoms with Crippen LogP contribution in [-0.2, 0) is 30.5 Å². The number of ketones is 1. The molecule has 0 saturated heterocycles. The highest BCUT2D eigenvalue weighted by Gasteiger charge is 2.40. The maximum atomic E-state index is 14.0. The molecule has 0 bridgehead atoms. The molecule has 0 amide bonds. The molecule has 4 rings (SSSR count). The van der Waals surface area contributed by atoms with E-state index in [1.807, 2.05) is 48.7 Å². The normalized spacial score (nSPS) is 12.3. The third-order valence-electron chi connectivity index (χ3n) is 8.05. The van der Waals surface area contributed by atoms with Gasteiger partial charge in [-0.05, 0) is 92.5 Å². The molecule has 11 heteroatoms. The number of halogens is 3. The van der Waals surface area contributed by atoms with Crippen LogP contribution in [0.15, 0.2) is 79.3 Å². The molecular weight excluding hydrogens is 597 g/mol. The Bertz CT molecular complexity index is 1720. The van der Waals surface area contributed by atoms with E-state index in [4.69, 9.17) is 23.2 Å². The Kier molecular flexibility index (Phi) is 10.1. The Morgan fingerprint density at radius 1 is 1.09 bits per heavy atom. The zero-order valence-corrected chi connectivity index (χ0v) is 26.3. The Labute approximate surface area is 266 Å². The van der Waals surface area contributed by atoms with Gasteiger partial charge in [0.1, 0.15) is 5.78 Å². The third-order valence-corrected chi connectivity index (χ3v) is 8.39. The van der Waals surface area contributed by atoms with E-state index in [1.54, 1.807) is 38.5 Å². The molecule has 3 N–H and O–H groups in total. The lowest BCUT2D eigenvalue weighted by Crippen LogP contribution is -2.57. The number of carbonyl (C=O) groups is 1. The topological polar surface area (TPSA) is 100.0 Å². The van der Waals surface area contributed by atoms with Crippen molar-refractivity contribution in [2.75, 3.05) is 5.32 Å². The van der Waals surface area contributed by atoms with Crippen LogP contribution in [0.2, 0.25) is 0 Å². The summed E-state index contributed by atoms with van der Waals surface area (Å²) in [7, 11) is 0. The van der Waals surface area contributed by atoms with E-state index in [0.29, 0.717) is 23.5 Å². The van der Waals surface area contributed by atoms with Gasteiger partial charge in [-0.2, -0.15) is 18.4 Å². The molecule has 1 heterocycles. The molecule has 0 aliphatic heterocycles. The number of benzene rings is 3. The van der Waals surface area contributed by atoms with Gasteiger partial charge in [0.25, 0.3) is 0 Å². The highest BCUT2D eigenvalue weighted by atomic mass is 32.1. The second-order valence-corrected chi connectivity index (χ2v) is 12.0. The molecular formula is C34H35F3N6OS. The molecule has 1 atom stereocenters. The van der Waals surface area contributed by atoms with Crippen molar-refractivity contribution in [1.29, 1.82) is 5.26 Å². The van der Waals surface area contributed by atoms with Gasteiger partial charge >= 0.3 is 6.18 Å². The van der Waals surface area contributed by atoms with Crippen molar-refractivity contribution in [2.24, 2.45) is 11.1 Å². The number of alkyl halides is 3. The van der Waals surface area contributed by atoms with E-state index in [9.17, 15) is 18.0 Å². The summed E-state index contributed by atoms with van der Waals surface area (Å²) >= 11 is 5.74. The maximum absolute atomic E-state index is 14.0. The molecule has 45 heavy (non-hydrogen) atoms. The average molecular weight is 633 g/mol. The molecule has 7 nitrogen and oxygen atoms in total. The van der Waals surface area contributed by atoms with Gasteiger partial charge in [0, 0.05) is 37.1 Å². The second-order valence-electron chi connectivity index (χ2n) is 11.6. The molecule has 0 fully saturated rings. The van der Waals surface area contributed by atoms with Gasteiger partial charge in [-0.1, -0.05) is 36.4 Å². The van der Waals surface area contributed by atoms with E-state index in [-0.39, 0.29) is 29.4 Å². The molecule has 1 unspecified atom stereocenters. The predicted octanol–water partition coefficient (Wildman–Crippen LogP) is 6.76. The summed E-state index contributed by atoms with van der Waals surface area (Å²) in [6.07, 6.45) is -2.47. The van der Waals surface area contributed by atoms with Crippen molar-refractivity contribution < 1.29 is 18.0 Å². The Morgan fingerprint density at radius 2 is 1.78 bits per heavy atom. The standard InChI is InChI=1S/C34H35F3N6OS/c1-22-9-14-27(15-23(22)2)41-32(45)43(20-26-7-5-6-8-29(26)34(35,36)37)31(39)33(3,4)30(44)16-28-18-40-21-42(28)19-25-12-10-24(17-38)11-13-25/h5-15,18,21,31H,16,19-20,39H2,1-4H3,(H,41,45). The number of aromatic nitrogens is 2. The quantitative estimate of drug-likeness (QED) is 0.147. The fourth-order valence-corrected chi connectivity index (χ4v) is 5.19. The highest BCUT2D eigenvalue weighted by molar-refractivity contribution is 7.80. The number of hydrogen-bond acceptors (Lipinski definition) is 5. The fourth-order valence-electron chi connectivity index (χ4n) is 4.90. The predicted molar refractivity (Wildman–Crippen MR) is 172 cm³/mol. The zero-order valence-electron chi connectivity index (χ0n) is 25.5. The van der Waals surface area contributed by atoms with Gasteiger partial charge in [-0.3, -0.25) is 4.79 Å². The summed E-state index contributed by atoms with van der Waals surface area (Å²) in [6, 6.07) is 20.1. The molecule has 0 saturated carbocycles. The van der Waals surface area contributed by atoms with Gasteiger partial charge in [0.2, 0.25) is 0 Å². The highest BCUT2D eigenvalue weighted by Crippen LogP contribution is 2.34. The molecule has 0 spiro atoms. The van der Waals surface area contributed by atoms with Crippen LogP contribution in [0.5, 0.6) is 0 Å². The van der Waals surface area contributed by atoms with Crippen LogP contribution < -0.4 is 11.1 Å². The third kappa shape index (κ3) is 7.95. The minimum Gasteiger partial charge on any atom is -0.333 e. The number of nitrogens with two attached hydrogens (primary N) is 1. The van der Waals surface area contributed by atoms with Crippen LogP contribution in [0.4, 0.5) is 18.9 Å². The number of anilines is 1. The van der Waals surface area contributed by atoms with Crippen molar-refractivity contribution in [1.82, 2.24) is 14.5 Å². The SMILES string of the molecule is Cc1ccc(NC(=S)N(Cc2ccccc2C(F)(F)F)C(N)C(C)(C)C(=O)Cc2cncn2Cc2ccc(C#N)cc2)cc1C. The van der Waals surface area contributed by atoms with Gasteiger partial charge in [0.05, 0.1) is 35.1 Å². The largest absolute Gasteiger partial charge is 0.416 e. The molecule has 3 aromatic carbocycles. The average Bonchev–Trinajstić information content (AvgIpc) is 3.43. The number of nitriles is 1. The number of thiocarbonyl (C=S) groups is 1. The summed E-state index contributed by atoms with van der Waals surface area (Å²) in [6.45, 7) is 7.41. The van der Waals surface area contributed by atoms with Gasteiger partial charge in [-0.15, -0.1) is 0 Å². The van der Waals surface area contributed by atoms with E-state index in [2.05, 4.69) is 16.4 Å². The second kappa shape index (κ2) is 13.6. The number of nitrogens with zero attached hydrogens (tertiary/aromatic N) is 4. The van der Waals surface area contributed by atoms with Crippen molar-refractivity contribution in [3.05, 3.63) is 118 Å². The Balaban J connectivity index is 1.61. The Morgan fingerprint density at radius 3 is 2.42 bits per heavy atom. The van der Waals surface area contributed by atoms with Crippen LogP contribution >= 0.6 is 12.2 Å². The van der Waals surface area contributed by atoms with Crippen LogP contribution in [0.25, 0.3) is 0 Å². The maximum Gasteiger partial charge on any atom is 0.416 e. The lowest BCUT2D eigenvalue weighted by molar-refractivity contribution is -0.138. The van der Waals surface area contributed by atoms with E-state index >= 15 is 0 Å². The number of aryl methyl sites for hydroxylation is 2. The van der Waals surface area contributed by atoms with Crippen LogP contribution in [0.3, 0.4) is 0 Å². The summed E-state index contributed by atoms with van der Waals surface area (Å²) in [4.78, 5) is 19.5. The first-order chi connectivity index (χ1) is 21.2. The van der Waals surface area contributed by atoms with E-state index < -0.39 is 23.3 Å². The monoisotopic (exact) mass is 632 g/mol. The van der Waals surface area contributed by atoms with Crippen LogP contribution in [0.1, 0.15) is 52.9 Å². The summed E-state index contributed by atoms with van der Waals surface area (Å²) < 4.78 is 43.7. The van der Waals surface area contributed by atoms with Crippen molar-refractivity contribution in [2.45, 2.75) is 59.5 Å². The Hall–Kier alpha value is -4.53. The van der Waals surface area contributed by atoms with E-state index in [1.165, 1.54) is 23.1 Å². The first kappa shape index (κ1) is 33.4.